The predicted molar refractivity (Wildman–Crippen MR) is 75.3 cm³/mol. The minimum Gasteiger partial charge on any atom is -0.496 e. The molecule has 1 aromatic carbocycles. The number of nitrogens with two attached hydrogens (primary N) is 1. The van der Waals surface area contributed by atoms with Crippen LogP contribution in [0.15, 0.2) is 24.3 Å². The van der Waals surface area contributed by atoms with Crippen LogP contribution in [0.3, 0.4) is 0 Å². The van der Waals surface area contributed by atoms with Crippen molar-refractivity contribution in [1.29, 1.82) is 0 Å². The molecule has 4 heteroatoms. The first-order valence-electron chi connectivity index (χ1n) is 6.92. The molecule has 104 valence electrons. The van der Waals surface area contributed by atoms with Gasteiger partial charge in [0.15, 0.2) is 0 Å². The second-order valence-corrected chi connectivity index (χ2v) is 4.94. The Balaban J connectivity index is 2.25. The Morgan fingerprint density at radius 1 is 1.37 bits per heavy atom. The molecule has 0 spiro atoms. The second kappa shape index (κ2) is 6.57. The molecule has 0 bridgehead atoms. The summed E-state index contributed by atoms with van der Waals surface area (Å²) in [4.78, 5) is 14.6. The summed E-state index contributed by atoms with van der Waals surface area (Å²) in [7, 11) is 1.59. The van der Waals surface area contributed by atoms with Gasteiger partial charge in [-0.2, -0.15) is 0 Å². The van der Waals surface area contributed by atoms with E-state index in [0.717, 1.165) is 25.8 Å². The van der Waals surface area contributed by atoms with Crippen LogP contribution in [0.25, 0.3) is 0 Å². The molecule has 0 radical (unpaired) electrons. The van der Waals surface area contributed by atoms with Gasteiger partial charge in [-0.1, -0.05) is 25.0 Å². The lowest BCUT2D eigenvalue weighted by atomic mass is 10.1. The Kier molecular flexibility index (Phi) is 4.80. The third kappa shape index (κ3) is 3.07. The van der Waals surface area contributed by atoms with Crippen LogP contribution < -0.4 is 10.5 Å². The van der Waals surface area contributed by atoms with Gasteiger partial charge in [0, 0.05) is 19.1 Å². The van der Waals surface area contributed by atoms with Crippen LogP contribution in [0, 0.1) is 0 Å². The highest BCUT2D eigenvalue weighted by molar-refractivity contribution is 5.97. The molecule has 1 amide bonds. The van der Waals surface area contributed by atoms with Crippen LogP contribution in [0.4, 0.5) is 0 Å². The van der Waals surface area contributed by atoms with Gasteiger partial charge in [0.1, 0.15) is 5.75 Å². The van der Waals surface area contributed by atoms with Crippen molar-refractivity contribution in [3.05, 3.63) is 29.8 Å². The fourth-order valence-corrected chi connectivity index (χ4v) is 2.67. The summed E-state index contributed by atoms with van der Waals surface area (Å²) in [6, 6.07) is 7.53. The number of carbonyl (C=O) groups is 1. The number of hydrogen-bond donors (Lipinski definition) is 1. The Hall–Kier alpha value is -1.55. The van der Waals surface area contributed by atoms with Crippen LogP contribution in [0.2, 0.25) is 0 Å². The summed E-state index contributed by atoms with van der Waals surface area (Å²) in [5, 5.41) is 0. The zero-order valence-corrected chi connectivity index (χ0v) is 11.5. The maximum Gasteiger partial charge on any atom is 0.257 e. The minimum absolute atomic E-state index is 0.0369. The highest BCUT2D eigenvalue weighted by Crippen LogP contribution is 2.23. The van der Waals surface area contributed by atoms with Crippen molar-refractivity contribution in [3.8, 4) is 5.75 Å². The third-order valence-electron chi connectivity index (χ3n) is 3.75. The fraction of sp³-hybridized carbons (Fsp3) is 0.533. The first-order valence-corrected chi connectivity index (χ1v) is 6.92. The summed E-state index contributed by atoms with van der Waals surface area (Å²) in [6.07, 6.45) is 4.37. The average Bonchev–Trinajstić information content (AvgIpc) is 2.71. The molecule has 4 nitrogen and oxygen atoms in total. The van der Waals surface area contributed by atoms with Crippen molar-refractivity contribution in [2.75, 3.05) is 20.2 Å². The van der Waals surface area contributed by atoms with Crippen LogP contribution in [0.1, 0.15) is 36.0 Å². The van der Waals surface area contributed by atoms with Crippen LogP contribution >= 0.6 is 0 Å². The maximum atomic E-state index is 12.7. The maximum absolute atomic E-state index is 12.7. The normalized spacial score (nSPS) is 19.9. The van der Waals surface area contributed by atoms with Crippen LogP contribution in [-0.4, -0.2) is 37.0 Å². The zero-order chi connectivity index (χ0) is 13.7. The Bertz CT molecular complexity index is 434. The average molecular weight is 262 g/mol. The van der Waals surface area contributed by atoms with E-state index < -0.39 is 0 Å². The number of hydrogen-bond acceptors (Lipinski definition) is 3. The van der Waals surface area contributed by atoms with E-state index in [0.29, 0.717) is 17.9 Å². The molecule has 0 aliphatic carbocycles. The standard InChI is InChI=1S/C15H22N2O2/c1-19-14-9-5-4-8-13(14)15(18)17-10-6-2-3-7-12(17)11-16/h4-5,8-9,12H,2-3,6-7,10-11,16H2,1H3. The molecule has 0 saturated carbocycles. The largest absolute Gasteiger partial charge is 0.496 e. The molecule has 2 N–H and O–H groups in total. The molecule has 1 aliphatic heterocycles. The Morgan fingerprint density at radius 2 is 2.16 bits per heavy atom. The van der Waals surface area contributed by atoms with Crippen molar-refractivity contribution in [1.82, 2.24) is 4.90 Å². The number of amides is 1. The van der Waals surface area contributed by atoms with Gasteiger partial charge in [-0.15, -0.1) is 0 Å². The van der Waals surface area contributed by atoms with Gasteiger partial charge >= 0.3 is 0 Å². The van der Waals surface area contributed by atoms with Crippen LogP contribution in [-0.2, 0) is 0 Å². The fourth-order valence-electron chi connectivity index (χ4n) is 2.67. The molecular weight excluding hydrogens is 240 g/mol. The van der Waals surface area contributed by atoms with Gasteiger partial charge < -0.3 is 15.4 Å². The third-order valence-corrected chi connectivity index (χ3v) is 3.75. The van der Waals surface area contributed by atoms with E-state index >= 15 is 0 Å². The Morgan fingerprint density at radius 3 is 2.89 bits per heavy atom. The first-order chi connectivity index (χ1) is 9.27. The summed E-state index contributed by atoms with van der Waals surface area (Å²) in [5.41, 5.74) is 6.45. The summed E-state index contributed by atoms with van der Waals surface area (Å²) >= 11 is 0. The molecule has 1 aliphatic rings. The lowest BCUT2D eigenvalue weighted by Crippen LogP contribution is -2.44. The number of para-hydroxylation sites is 1. The molecule has 1 aromatic rings. The molecule has 19 heavy (non-hydrogen) atoms. The molecule has 1 atom stereocenters. The highest BCUT2D eigenvalue weighted by Gasteiger charge is 2.26. The SMILES string of the molecule is COc1ccccc1C(=O)N1CCCCCC1CN. The molecule has 2 rings (SSSR count). The van der Waals surface area contributed by atoms with E-state index in [-0.39, 0.29) is 11.9 Å². The van der Waals surface area contributed by atoms with Crippen molar-refractivity contribution >= 4 is 5.91 Å². The number of methoxy groups -OCH3 is 1. The molecule has 1 heterocycles. The van der Waals surface area contributed by atoms with Crippen molar-refractivity contribution in [3.63, 3.8) is 0 Å². The zero-order valence-electron chi connectivity index (χ0n) is 11.5. The number of benzene rings is 1. The van der Waals surface area contributed by atoms with E-state index in [1.54, 1.807) is 7.11 Å². The number of rotatable bonds is 3. The van der Waals surface area contributed by atoms with Crippen molar-refractivity contribution in [2.45, 2.75) is 31.7 Å². The van der Waals surface area contributed by atoms with Gasteiger partial charge in [0.05, 0.1) is 12.7 Å². The minimum atomic E-state index is 0.0369. The summed E-state index contributed by atoms with van der Waals surface area (Å²) in [6.45, 7) is 1.32. The van der Waals surface area contributed by atoms with Gasteiger partial charge in [0.2, 0.25) is 0 Å². The quantitative estimate of drug-likeness (QED) is 0.907. The number of nitrogens with zero attached hydrogens (tertiary/aromatic N) is 1. The molecule has 1 saturated heterocycles. The van der Waals surface area contributed by atoms with Crippen molar-refractivity contribution < 1.29 is 9.53 Å². The molecular formula is C15H22N2O2. The highest BCUT2D eigenvalue weighted by atomic mass is 16.5. The Labute approximate surface area is 114 Å². The smallest absolute Gasteiger partial charge is 0.257 e. The van der Waals surface area contributed by atoms with E-state index in [2.05, 4.69) is 0 Å². The van der Waals surface area contributed by atoms with Gasteiger partial charge in [-0.25, -0.2) is 0 Å². The summed E-state index contributed by atoms with van der Waals surface area (Å²) < 4.78 is 5.28. The lowest BCUT2D eigenvalue weighted by Gasteiger charge is -2.29. The number of carbonyl (C=O) groups excluding carboxylic acids is 1. The van der Waals surface area contributed by atoms with E-state index in [1.165, 1.54) is 6.42 Å². The van der Waals surface area contributed by atoms with Crippen LogP contribution in [0.5, 0.6) is 5.75 Å². The van der Waals surface area contributed by atoms with Gasteiger partial charge in [0.25, 0.3) is 5.91 Å². The second-order valence-electron chi connectivity index (χ2n) is 4.94. The van der Waals surface area contributed by atoms with Gasteiger partial charge in [-0.3, -0.25) is 4.79 Å². The molecule has 1 unspecified atom stereocenters. The molecule has 1 fully saturated rings. The van der Waals surface area contributed by atoms with E-state index in [9.17, 15) is 4.79 Å². The monoisotopic (exact) mass is 262 g/mol. The number of ether oxygens (including phenoxy) is 1. The lowest BCUT2D eigenvalue weighted by molar-refractivity contribution is 0.0685. The first kappa shape index (κ1) is 13.9. The van der Waals surface area contributed by atoms with Crippen molar-refractivity contribution in [2.24, 2.45) is 5.73 Å². The predicted octanol–water partition coefficient (Wildman–Crippen LogP) is 2.04. The topological polar surface area (TPSA) is 55.6 Å². The van der Waals surface area contributed by atoms with Gasteiger partial charge in [-0.05, 0) is 25.0 Å². The van der Waals surface area contributed by atoms with E-state index in [1.807, 2.05) is 29.2 Å². The summed E-state index contributed by atoms with van der Waals surface area (Å²) in [5.74, 6) is 0.669. The van der Waals surface area contributed by atoms with E-state index in [4.69, 9.17) is 10.5 Å². The molecule has 0 aromatic heterocycles. The number of likely N-dealkylation sites (tertiary alicyclic amines) is 1.